The molecule has 0 bridgehead atoms. The third kappa shape index (κ3) is 4.45. The van der Waals surface area contributed by atoms with Gasteiger partial charge in [-0.25, -0.2) is 0 Å². The van der Waals surface area contributed by atoms with Crippen LogP contribution in [0, 0.1) is 0 Å². The molecule has 25 heavy (non-hydrogen) atoms. The molecule has 1 fully saturated rings. The quantitative estimate of drug-likeness (QED) is 0.841. The molecule has 1 atom stereocenters. The molecule has 0 N–H and O–H groups in total. The topological polar surface area (TPSA) is 36.4 Å². The summed E-state index contributed by atoms with van der Waals surface area (Å²) >= 11 is 0. The number of benzene rings is 1. The van der Waals surface area contributed by atoms with E-state index >= 15 is 0 Å². The van der Waals surface area contributed by atoms with Crippen molar-refractivity contribution in [2.24, 2.45) is 0 Å². The molecule has 0 radical (unpaired) electrons. The number of hydrogen-bond acceptors (Lipinski definition) is 3. The minimum absolute atomic E-state index is 0.0503. The molecule has 0 spiro atoms. The van der Waals surface area contributed by atoms with Gasteiger partial charge in [-0.05, 0) is 37.6 Å². The Morgan fingerprint density at radius 2 is 1.96 bits per heavy atom. The third-order valence-electron chi connectivity index (χ3n) is 5.08. The van der Waals surface area contributed by atoms with E-state index in [0.29, 0.717) is 13.1 Å². The Morgan fingerprint density at radius 1 is 1.20 bits per heavy atom. The van der Waals surface area contributed by atoms with Crippen LogP contribution in [0.2, 0.25) is 0 Å². The summed E-state index contributed by atoms with van der Waals surface area (Å²) in [6, 6.07) is 16.5. The zero-order valence-corrected chi connectivity index (χ0v) is 15.2. The third-order valence-corrected chi connectivity index (χ3v) is 5.08. The second-order valence-corrected chi connectivity index (χ2v) is 7.34. The van der Waals surface area contributed by atoms with Gasteiger partial charge < -0.3 is 4.90 Å². The molecule has 1 saturated heterocycles. The van der Waals surface area contributed by atoms with Crippen LogP contribution >= 0.6 is 0 Å². The van der Waals surface area contributed by atoms with Gasteiger partial charge in [-0.15, -0.1) is 0 Å². The second kappa shape index (κ2) is 7.79. The predicted octanol–water partition coefficient (Wildman–Crippen LogP) is 3.09. The van der Waals surface area contributed by atoms with Crippen LogP contribution in [0.3, 0.4) is 0 Å². The van der Waals surface area contributed by atoms with Gasteiger partial charge in [0.15, 0.2) is 0 Å². The first-order valence-corrected chi connectivity index (χ1v) is 8.99. The number of aromatic nitrogens is 1. The number of carbonyl (C=O) groups is 1. The van der Waals surface area contributed by atoms with Crippen molar-refractivity contribution in [2.75, 3.05) is 26.7 Å². The molecule has 1 aromatic carbocycles. The van der Waals surface area contributed by atoms with Gasteiger partial charge in [-0.3, -0.25) is 14.7 Å². The maximum atomic E-state index is 12.8. The van der Waals surface area contributed by atoms with Crippen molar-refractivity contribution >= 4 is 5.91 Å². The van der Waals surface area contributed by atoms with E-state index in [1.807, 2.05) is 41.1 Å². The fourth-order valence-electron chi connectivity index (χ4n) is 3.68. The monoisotopic (exact) mass is 337 g/mol. The van der Waals surface area contributed by atoms with Gasteiger partial charge in [0.05, 0.1) is 12.2 Å². The van der Waals surface area contributed by atoms with Crippen LogP contribution in [-0.2, 0) is 16.8 Å². The first-order chi connectivity index (χ1) is 12.1. The summed E-state index contributed by atoms with van der Waals surface area (Å²) in [6.45, 7) is 5.06. The summed E-state index contributed by atoms with van der Waals surface area (Å²) < 4.78 is 0. The van der Waals surface area contributed by atoms with Crippen molar-refractivity contribution in [3.8, 4) is 0 Å². The number of hydrogen-bond donors (Lipinski definition) is 0. The molecular formula is C21H27N3O. The van der Waals surface area contributed by atoms with E-state index in [9.17, 15) is 4.79 Å². The minimum atomic E-state index is 0.0503. The van der Waals surface area contributed by atoms with Gasteiger partial charge in [-0.1, -0.05) is 43.3 Å². The Hall–Kier alpha value is -2.20. The van der Waals surface area contributed by atoms with Crippen molar-refractivity contribution in [3.63, 3.8) is 0 Å². The van der Waals surface area contributed by atoms with E-state index in [-0.39, 0.29) is 11.3 Å². The van der Waals surface area contributed by atoms with Gasteiger partial charge in [0.2, 0.25) is 5.91 Å². The van der Waals surface area contributed by atoms with Crippen molar-refractivity contribution in [3.05, 3.63) is 66.0 Å². The van der Waals surface area contributed by atoms with E-state index in [1.54, 1.807) is 6.20 Å². The number of likely N-dealkylation sites (tertiary alicyclic amines) is 1. The Balaban J connectivity index is 1.60. The van der Waals surface area contributed by atoms with E-state index in [0.717, 1.165) is 31.6 Å². The molecule has 1 unspecified atom stereocenters. The van der Waals surface area contributed by atoms with E-state index in [4.69, 9.17) is 0 Å². The number of pyridine rings is 1. The van der Waals surface area contributed by atoms with Crippen molar-refractivity contribution in [1.82, 2.24) is 14.8 Å². The highest BCUT2D eigenvalue weighted by atomic mass is 16.2. The van der Waals surface area contributed by atoms with Crippen LogP contribution in [0.4, 0.5) is 0 Å². The van der Waals surface area contributed by atoms with Gasteiger partial charge >= 0.3 is 0 Å². The maximum absolute atomic E-state index is 12.8. The van der Waals surface area contributed by atoms with Crippen LogP contribution in [0.1, 0.15) is 31.0 Å². The van der Waals surface area contributed by atoms with Gasteiger partial charge in [0.25, 0.3) is 0 Å². The Labute approximate surface area is 150 Å². The molecule has 132 valence electrons. The van der Waals surface area contributed by atoms with Crippen molar-refractivity contribution in [2.45, 2.75) is 31.7 Å². The Morgan fingerprint density at radius 3 is 2.68 bits per heavy atom. The first kappa shape index (κ1) is 17.6. The molecule has 2 heterocycles. The smallest absolute Gasteiger partial charge is 0.236 e. The summed E-state index contributed by atoms with van der Waals surface area (Å²) in [7, 11) is 1.98. The van der Waals surface area contributed by atoms with Gasteiger partial charge in [-0.2, -0.15) is 0 Å². The number of carbonyl (C=O) groups excluding carboxylic acids is 1. The van der Waals surface area contributed by atoms with E-state index < -0.39 is 0 Å². The second-order valence-electron chi connectivity index (χ2n) is 7.34. The highest BCUT2D eigenvalue weighted by Crippen LogP contribution is 2.33. The number of amides is 1. The molecular weight excluding hydrogens is 310 g/mol. The molecule has 1 amide bonds. The molecule has 1 aliphatic heterocycles. The number of nitrogens with zero attached hydrogens (tertiary/aromatic N) is 3. The van der Waals surface area contributed by atoms with Gasteiger partial charge in [0, 0.05) is 31.2 Å². The molecule has 1 aromatic heterocycles. The average Bonchev–Trinajstić information content (AvgIpc) is 2.63. The van der Waals surface area contributed by atoms with Crippen LogP contribution in [-0.4, -0.2) is 47.4 Å². The molecule has 4 heteroatoms. The molecule has 0 aliphatic carbocycles. The molecule has 4 nitrogen and oxygen atoms in total. The number of rotatable bonds is 5. The largest absolute Gasteiger partial charge is 0.341 e. The Kier molecular flexibility index (Phi) is 5.49. The minimum Gasteiger partial charge on any atom is -0.341 e. The highest BCUT2D eigenvalue weighted by Gasteiger charge is 2.34. The highest BCUT2D eigenvalue weighted by molar-refractivity contribution is 5.78. The SMILES string of the molecule is CN(CC(=O)N1CCCC(C)(c2ccccc2)C1)Cc1ccccn1. The zero-order chi connectivity index (χ0) is 17.7. The van der Waals surface area contributed by atoms with Crippen molar-refractivity contribution in [1.29, 1.82) is 0 Å². The lowest BCUT2D eigenvalue weighted by Crippen LogP contribution is -2.49. The fourth-order valence-corrected chi connectivity index (χ4v) is 3.68. The summed E-state index contributed by atoms with van der Waals surface area (Å²) in [5.74, 6) is 0.209. The number of likely N-dealkylation sites (N-methyl/N-ethyl adjacent to an activating group) is 1. The molecule has 1 aliphatic rings. The zero-order valence-electron chi connectivity index (χ0n) is 15.2. The maximum Gasteiger partial charge on any atom is 0.236 e. The normalized spacial score (nSPS) is 20.7. The van der Waals surface area contributed by atoms with E-state index in [2.05, 4.69) is 36.2 Å². The lowest BCUT2D eigenvalue weighted by Gasteiger charge is -2.41. The van der Waals surface area contributed by atoms with Crippen LogP contribution in [0.25, 0.3) is 0 Å². The molecule has 2 aromatic rings. The van der Waals surface area contributed by atoms with Gasteiger partial charge in [0.1, 0.15) is 0 Å². The summed E-state index contributed by atoms with van der Waals surface area (Å²) in [5.41, 5.74) is 2.37. The lowest BCUT2D eigenvalue weighted by atomic mass is 9.76. The summed E-state index contributed by atoms with van der Waals surface area (Å²) in [4.78, 5) is 21.2. The summed E-state index contributed by atoms with van der Waals surface area (Å²) in [5, 5.41) is 0. The predicted molar refractivity (Wildman–Crippen MR) is 100 cm³/mol. The van der Waals surface area contributed by atoms with Crippen LogP contribution in [0.15, 0.2) is 54.7 Å². The fraction of sp³-hybridized carbons (Fsp3) is 0.429. The summed E-state index contributed by atoms with van der Waals surface area (Å²) in [6.07, 6.45) is 3.98. The average molecular weight is 337 g/mol. The Bertz CT molecular complexity index is 689. The van der Waals surface area contributed by atoms with Crippen molar-refractivity contribution < 1.29 is 4.79 Å². The lowest BCUT2D eigenvalue weighted by molar-refractivity contribution is -0.134. The van der Waals surface area contributed by atoms with E-state index in [1.165, 1.54) is 5.56 Å². The van der Waals surface area contributed by atoms with Crippen LogP contribution < -0.4 is 0 Å². The standard InChI is InChI=1S/C21H27N3O/c1-21(18-9-4-3-5-10-18)12-8-14-24(17-21)20(25)16-23(2)15-19-11-6-7-13-22-19/h3-7,9-11,13H,8,12,14-17H2,1-2H3. The molecule has 0 saturated carbocycles. The first-order valence-electron chi connectivity index (χ1n) is 8.99. The number of piperidine rings is 1. The molecule has 3 rings (SSSR count). The van der Waals surface area contributed by atoms with Crippen LogP contribution in [0.5, 0.6) is 0 Å².